The third kappa shape index (κ3) is 11.1. The summed E-state index contributed by atoms with van der Waals surface area (Å²) in [6, 6.07) is 82.3. The largest absolute Gasteiger partial charge is 0.509 e. The van der Waals surface area contributed by atoms with Crippen LogP contribution in [-0.4, -0.2) is 28.0 Å². The summed E-state index contributed by atoms with van der Waals surface area (Å²) in [5.74, 6) is 0.954. The predicted octanol–water partition coefficient (Wildman–Crippen LogP) is 14.7. The molecule has 6 heterocycles. The zero-order valence-corrected chi connectivity index (χ0v) is 45.6. The van der Waals surface area contributed by atoms with E-state index in [2.05, 4.69) is 228 Å². The molecule has 381 valence electrons. The van der Waals surface area contributed by atoms with Crippen molar-refractivity contribution < 1.29 is 45.9 Å². The van der Waals surface area contributed by atoms with Crippen molar-refractivity contribution in [3.8, 4) is 34.0 Å². The third-order valence-corrected chi connectivity index (χ3v) is 12.8. The fraction of sp³-hybridized carbons (Fsp3) is 0.0625. The van der Waals surface area contributed by atoms with Gasteiger partial charge in [-0.15, -0.1) is 47.6 Å². The average molecular weight is 1350 g/mol. The Morgan fingerprint density at radius 1 is 0.421 bits per heavy atom. The number of hydrogen-bond acceptors (Lipinski definition) is 10. The molecule has 0 atom stereocenters. The maximum absolute atomic E-state index is 6.10. The van der Waals surface area contributed by atoms with E-state index >= 15 is 0 Å². The predicted molar refractivity (Wildman–Crippen MR) is 295 cm³/mol. The van der Waals surface area contributed by atoms with E-state index in [1.165, 1.54) is 28.3 Å². The monoisotopic (exact) mass is 1350 g/mol. The van der Waals surface area contributed by atoms with Gasteiger partial charge in [0.25, 0.3) is 0 Å². The maximum Gasteiger partial charge on any atom is 0.0344 e. The molecule has 3 aliphatic rings. The first-order valence-electron chi connectivity index (χ1n) is 24.6. The Morgan fingerprint density at radius 3 is 1.57 bits per heavy atom. The van der Waals surface area contributed by atoms with Gasteiger partial charge in [0.1, 0.15) is 0 Å². The SMILES string of the molecule is [Ir].[Pt].[c-]1c(Oc2[c-]c(-c3[c-]cccn3)ncc2)cncc1N1[CH-]N(c2cccc(-c3ccccc3)c2)c2ccccc21.[c-]1ccccc1N1[CH-]N(CCCCN2[CH-]N(c3[c-]cccc3)c3ccccc32)c2ccccc21. The van der Waals surface area contributed by atoms with Crippen LogP contribution in [0.15, 0.2) is 219 Å². The van der Waals surface area contributed by atoms with Gasteiger partial charge in [-0.25, -0.2) is 6.07 Å². The van der Waals surface area contributed by atoms with Gasteiger partial charge < -0.3 is 49.1 Å². The smallest absolute Gasteiger partial charge is 0.0344 e. The van der Waals surface area contributed by atoms with Crippen LogP contribution in [0.1, 0.15) is 12.8 Å². The number of ether oxygens (including phenoxy) is 1. The summed E-state index contributed by atoms with van der Waals surface area (Å²) < 4.78 is 6.10. The van der Waals surface area contributed by atoms with Crippen LogP contribution in [0.5, 0.6) is 11.5 Å². The third-order valence-electron chi connectivity index (χ3n) is 12.8. The first-order valence-corrected chi connectivity index (χ1v) is 24.6. The molecular weight excluding hydrogens is 1300 g/mol. The molecule has 13 rings (SSSR count). The van der Waals surface area contributed by atoms with Gasteiger partial charge in [0.05, 0.1) is 0 Å². The molecule has 10 aromatic rings. The second-order valence-corrected chi connectivity index (χ2v) is 17.6. The molecule has 7 aromatic carbocycles. The molecule has 0 bridgehead atoms. The summed E-state index contributed by atoms with van der Waals surface area (Å²) in [7, 11) is 0. The summed E-state index contributed by atoms with van der Waals surface area (Å²) in [4.78, 5) is 26.5. The number of hydrogen-bond donors (Lipinski definition) is 0. The number of benzene rings is 7. The molecule has 0 aliphatic carbocycles. The molecule has 0 amide bonds. The quantitative estimate of drug-likeness (QED) is 0.0824. The molecule has 0 fully saturated rings. The molecule has 0 saturated carbocycles. The minimum atomic E-state index is 0. The molecular formula is C64H47IrN9OPt-8. The number of nitrogens with zero attached hydrogens (tertiary/aromatic N) is 9. The Labute approximate surface area is 473 Å². The van der Waals surface area contributed by atoms with Gasteiger partial charge in [0, 0.05) is 92.5 Å². The fourth-order valence-electron chi connectivity index (χ4n) is 9.36. The average Bonchev–Trinajstić information content (AvgIpc) is 4.18. The van der Waals surface area contributed by atoms with E-state index in [4.69, 9.17) is 4.74 Å². The molecule has 0 spiro atoms. The molecule has 1 radical (unpaired) electrons. The van der Waals surface area contributed by atoms with E-state index in [1.807, 2.05) is 48.5 Å². The van der Waals surface area contributed by atoms with Crippen LogP contribution in [0.2, 0.25) is 0 Å². The molecule has 0 saturated heterocycles. The number of pyridine rings is 3. The van der Waals surface area contributed by atoms with E-state index in [-0.39, 0.29) is 41.2 Å². The van der Waals surface area contributed by atoms with Crippen LogP contribution in [0.4, 0.5) is 56.9 Å². The number of unbranched alkanes of at least 4 members (excludes halogenated alkanes) is 1. The minimum Gasteiger partial charge on any atom is -0.509 e. The van der Waals surface area contributed by atoms with Crippen molar-refractivity contribution in [2.75, 3.05) is 42.5 Å². The second kappa shape index (κ2) is 24.1. The standard InChI is InChI=1S/C34H21N5O.C30H26N4.Ir.Pt/c1-2-9-25(10-3-1)26-11-8-12-27(19-26)38-24-39(34-15-5-4-14-33(34)38)28-20-30(23-35-22-28)40-29-16-18-37-32(21-29)31-13-6-7-17-36-31;1-3-13-25(14-4-1)33-23-31(27-17-7-9-19-29(27)33)21-11-12-22-32-24-34(26-15-5-2-6-16-26)30-20-10-8-18-28(30)32;;/h1-12,14-19,22-24H;1-10,13,15,17-20,23-24H,11-12,21-22H2;;/q2*-4;;. The summed E-state index contributed by atoms with van der Waals surface area (Å²) in [6.07, 6.45) is 8.96. The van der Waals surface area contributed by atoms with Gasteiger partial charge in [0.2, 0.25) is 0 Å². The second-order valence-electron chi connectivity index (χ2n) is 17.6. The van der Waals surface area contributed by atoms with Crippen LogP contribution in [-0.2, 0) is 41.2 Å². The number of aromatic nitrogens is 3. The topological polar surface area (TPSA) is 67.3 Å². The molecule has 76 heavy (non-hydrogen) atoms. The molecule has 0 N–H and O–H groups in total. The Balaban J connectivity index is 0.000000170. The fourth-order valence-corrected chi connectivity index (χ4v) is 9.36. The number of anilines is 10. The Morgan fingerprint density at radius 2 is 0.961 bits per heavy atom. The zero-order valence-electron chi connectivity index (χ0n) is 40.9. The summed E-state index contributed by atoms with van der Waals surface area (Å²) in [6.45, 7) is 8.43. The van der Waals surface area contributed by atoms with Gasteiger partial charge in [-0.1, -0.05) is 90.7 Å². The van der Waals surface area contributed by atoms with Crippen molar-refractivity contribution in [3.63, 3.8) is 0 Å². The van der Waals surface area contributed by atoms with Crippen molar-refractivity contribution in [1.29, 1.82) is 0 Å². The van der Waals surface area contributed by atoms with Gasteiger partial charge in [-0.2, -0.15) is 86.1 Å². The number of rotatable bonds is 13. The normalized spacial score (nSPS) is 12.9. The van der Waals surface area contributed by atoms with Crippen LogP contribution in [0.25, 0.3) is 22.5 Å². The molecule has 0 unspecified atom stereocenters. The van der Waals surface area contributed by atoms with Crippen molar-refractivity contribution in [1.82, 2.24) is 15.0 Å². The van der Waals surface area contributed by atoms with Crippen molar-refractivity contribution in [3.05, 3.63) is 269 Å². The van der Waals surface area contributed by atoms with Gasteiger partial charge in [-0.05, 0) is 104 Å². The summed E-state index contributed by atoms with van der Waals surface area (Å²) >= 11 is 0. The van der Waals surface area contributed by atoms with Gasteiger partial charge >= 0.3 is 0 Å². The summed E-state index contributed by atoms with van der Waals surface area (Å²) in [5, 5.41) is 0. The van der Waals surface area contributed by atoms with E-state index in [1.54, 1.807) is 36.9 Å². The van der Waals surface area contributed by atoms with Crippen molar-refractivity contribution in [2.45, 2.75) is 12.8 Å². The Hall–Kier alpha value is -8.07. The van der Waals surface area contributed by atoms with E-state index in [0.29, 0.717) is 22.9 Å². The Kier molecular flexibility index (Phi) is 16.3. The molecule has 10 nitrogen and oxygen atoms in total. The van der Waals surface area contributed by atoms with E-state index in [9.17, 15) is 0 Å². The van der Waals surface area contributed by atoms with E-state index < -0.39 is 0 Å². The minimum absolute atomic E-state index is 0. The molecule has 12 heteroatoms. The molecule has 3 aromatic heterocycles. The number of fused-ring (bicyclic) bond motifs is 3. The van der Waals surface area contributed by atoms with Gasteiger partial charge in [-0.3, -0.25) is 0 Å². The van der Waals surface area contributed by atoms with Crippen molar-refractivity contribution >= 4 is 56.9 Å². The first-order chi connectivity index (χ1) is 36.7. The van der Waals surface area contributed by atoms with E-state index in [0.717, 1.165) is 65.6 Å². The van der Waals surface area contributed by atoms with Crippen LogP contribution in [0.3, 0.4) is 0 Å². The van der Waals surface area contributed by atoms with Crippen LogP contribution in [0, 0.1) is 50.3 Å². The Bertz CT molecular complexity index is 3390. The summed E-state index contributed by atoms with van der Waals surface area (Å²) in [5.41, 5.74) is 14.4. The van der Waals surface area contributed by atoms with Crippen LogP contribution >= 0.6 is 0 Å². The number of para-hydroxylation sites is 8. The van der Waals surface area contributed by atoms with Crippen molar-refractivity contribution in [2.24, 2.45) is 0 Å². The first kappa shape index (κ1) is 51.4. The van der Waals surface area contributed by atoms with Crippen LogP contribution < -0.4 is 34.1 Å². The maximum atomic E-state index is 6.10. The van der Waals surface area contributed by atoms with Gasteiger partial charge in [0.15, 0.2) is 0 Å². The molecule has 3 aliphatic heterocycles. The zero-order chi connectivity index (χ0) is 49.5.